The maximum Gasteiger partial charge on any atom is 0.407 e. The third-order valence-corrected chi connectivity index (χ3v) is 15.4. The molecule has 5 amide bonds. The monoisotopic (exact) mass is 1200 g/mol. The number of nitrogens with one attached hydrogen (secondary N) is 3. The van der Waals surface area contributed by atoms with Crippen molar-refractivity contribution in [3.05, 3.63) is 81.7 Å². The Bertz CT molecular complexity index is 2640. The number of ether oxygens (including phenoxy) is 6. The van der Waals surface area contributed by atoms with Crippen LogP contribution in [-0.2, 0) is 59.9 Å². The number of alkyl carbamates (subject to hydrolysis) is 1. The van der Waals surface area contributed by atoms with Crippen LogP contribution in [0.5, 0.6) is 5.75 Å². The number of carbonyl (C=O) groups is 6. The number of methoxy groups -OCH3 is 1. The lowest BCUT2D eigenvalue weighted by Gasteiger charge is -2.34. The van der Waals surface area contributed by atoms with Crippen LogP contribution in [0.2, 0.25) is 5.02 Å². The molecule has 2 saturated heterocycles. The lowest BCUT2D eigenvalue weighted by molar-refractivity contribution is -0.162. The van der Waals surface area contributed by atoms with Gasteiger partial charge in [0.1, 0.15) is 34.6 Å². The van der Waals surface area contributed by atoms with Gasteiger partial charge >= 0.3 is 12.1 Å². The number of aromatic nitrogens is 2. The van der Waals surface area contributed by atoms with Gasteiger partial charge in [-0.1, -0.05) is 74.2 Å². The average Bonchev–Trinajstić information content (AvgIpc) is 4.10. The molecule has 414 valence electrons. The molecule has 19 nitrogen and oxygen atoms in total. The molecule has 7 atom stereocenters. The van der Waals surface area contributed by atoms with Crippen LogP contribution in [0.3, 0.4) is 0 Å². The summed E-state index contributed by atoms with van der Waals surface area (Å²) in [6.07, 6.45) is 5.81. The zero-order valence-corrected chi connectivity index (χ0v) is 48.1. The summed E-state index contributed by atoms with van der Waals surface area (Å²) in [4.78, 5) is 91.7. The highest BCUT2D eigenvalue weighted by molar-refractivity contribution is 9.09. The Morgan fingerprint density at radius 1 is 1.00 bits per heavy atom. The molecule has 3 aliphatic heterocycles. The Kier molecular flexibility index (Phi) is 22.5. The number of unbranched alkanes of at least 4 members (excludes halogenated alkanes) is 1. The number of hydrogen-bond acceptors (Lipinski definition) is 14. The minimum atomic E-state index is -1.17. The van der Waals surface area contributed by atoms with E-state index in [0.29, 0.717) is 83.9 Å². The topological polar surface area (TPSA) is 229 Å². The summed E-state index contributed by atoms with van der Waals surface area (Å²) in [5.74, 6) is -1.92. The number of nitrogens with zero attached hydrogens (tertiary/aromatic N) is 4. The molecule has 0 radical (unpaired) electrons. The van der Waals surface area contributed by atoms with Gasteiger partial charge in [-0.3, -0.25) is 19.2 Å². The van der Waals surface area contributed by atoms with E-state index in [1.165, 1.54) is 30.9 Å². The summed E-state index contributed by atoms with van der Waals surface area (Å²) in [5.41, 5.74) is 4.58. The second kappa shape index (κ2) is 28.4. The van der Waals surface area contributed by atoms with Gasteiger partial charge in [-0.05, 0) is 81.8 Å². The number of alkyl halides is 2. The second-order valence-electron chi connectivity index (χ2n) is 19.5. The van der Waals surface area contributed by atoms with Gasteiger partial charge in [0.05, 0.1) is 74.2 Å². The van der Waals surface area contributed by atoms with E-state index in [1.54, 1.807) is 32.2 Å². The first-order valence-corrected chi connectivity index (χ1v) is 28.1. The van der Waals surface area contributed by atoms with E-state index in [4.69, 9.17) is 40.0 Å². The van der Waals surface area contributed by atoms with Crippen LogP contribution < -0.4 is 25.6 Å². The lowest BCUT2D eigenvalue weighted by atomic mass is 9.85. The van der Waals surface area contributed by atoms with Crippen LogP contribution in [-0.4, -0.2) is 147 Å². The van der Waals surface area contributed by atoms with E-state index in [0.717, 1.165) is 22.5 Å². The molecule has 2 fully saturated rings. The average molecular weight is 1200 g/mol. The van der Waals surface area contributed by atoms with Gasteiger partial charge in [0.15, 0.2) is 0 Å². The summed E-state index contributed by atoms with van der Waals surface area (Å²) >= 11 is 13.7. The number of likely N-dealkylation sites (N-methyl/N-ethyl adjacent to an activating group) is 1. The summed E-state index contributed by atoms with van der Waals surface area (Å²) < 4.78 is 35.3. The number of rotatable bonds is 21. The van der Waals surface area contributed by atoms with Crippen LogP contribution in [0.1, 0.15) is 99.9 Å². The van der Waals surface area contributed by atoms with E-state index in [-0.39, 0.29) is 80.4 Å². The number of halogens is 3. The highest BCUT2D eigenvalue weighted by Crippen LogP contribution is 2.49. The molecule has 22 heteroatoms. The first-order chi connectivity index (χ1) is 36.4. The van der Waals surface area contributed by atoms with Gasteiger partial charge in [-0.15, -0.1) is 0 Å². The molecule has 3 aliphatic rings. The molecule has 3 N–H and O–H groups in total. The van der Waals surface area contributed by atoms with E-state index < -0.39 is 47.9 Å². The van der Waals surface area contributed by atoms with Crippen LogP contribution in [0.25, 0.3) is 11.0 Å². The minimum Gasteiger partial charge on any atom is -0.495 e. The van der Waals surface area contributed by atoms with E-state index >= 15 is 0 Å². The third-order valence-electron chi connectivity index (χ3n) is 13.9. The fourth-order valence-corrected chi connectivity index (χ4v) is 10.5. The number of anilines is 1. The third kappa shape index (κ3) is 16.2. The van der Waals surface area contributed by atoms with Gasteiger partial charge in [0.2, 0.25) is 17.7 Å². The van der Waals surface area contributed by atoms with E-state index in [9.17, 15) is 28.8 Å². The molecule has 4 heterocycles. The predicted octanol–water partition coefficient (Wildman–Crippen LogP) is 7.44. The van der Waals surface area contributed by atoms with Crippen molar-refractivity contribution in [1.29, 1.82) is 0 Å². The van der Waals surface area contributed by atoms with E-state index in [2.05, 4.69) is 57.8 Å². The van der Waals surface area contributed by atoms with Crippen LogP contribution >= 0.6 is 43.5 Å². The van der Waals surface area contributed by atoms with Crippen LogP contribution in [0.15, 0.2) is 54.1 Å². The van der Waals surface area contributed by atoms with Crippen LogP contribution in [0, 0.1) is 5.92 Å². The fourth-order valence-electron chi connectivity index (χ4n) is 9.30. The number of carbonyl (C=O) groups excluding carboxylic acids is 6. The van der Waals surface area contributed by atoms with Crippen molar-refractivity contribution in [1.82, 2.24) is 30.8 Å². The maximum absolute atomic E-state index is 14.4. The number of hydrogen-bond donors (Lipinski definition) is 3. The highest BCUT2D eigenvalue weighted by Gasteiger charge is 2.64. The first-order valence-electron chi connectivity index (χ1n) is 25.5. The maximum atomic E-state index is 14.4. The number of allylic oxidation sites excluding steroid dienone is 3. The van der Waals surface area contributed by atoms with Gasteiger partial charge in [-0.2, -0.15) is 0 Å². The van der Waals surface area contributed by atoms with Gasteiger partial charge in [-0.25, -0.2) is 19.6 Å². The summed E-state index contributed by atoms with van der Waals surface area (Å²) in [5, 5.41) is 9.99. The van der Waals surface area contributed by atoms with Crippen LogP contribution in [0.4, 0.5) is 10.5 Å². The predicted molar refractivity (Wildman–Crippen MR) is 294 cm³/mol. The molecule has 0 aliphatic carbocycles. The standard InChI is InChI=1S/C54H70Br2ClN7O12/c1-32-12-8-9-13-37-28-44(74-53(70)60-37)33(2)50-54(4,76-50)46(29-48(67)64(6)43-25-35(24-32)26-45(71-7)49(43)57)75-52(69)42(63(5)34(3)65)14-10-11-18-58-47(66)17-20-72-22-23-73-21-19-59-51(68)36-15-16-38-39(27-36)62-41(31-56)40(30-55)61-38/h8-9,12,15-16,25-27,33,37,42,44,46,50H,10-11,13-14,17-24,28-31H2,1-7H3,(H,58,66)(H,59,68)(H,60,70)/b9-8+,32-12+/t33-,37+,42+,44+,46+,50+,54+/m1/s1. The molecule has 6 rings (SSSR count). The summed E-state index contributed by atoms with van der Waals surface area (Å²) in [7, 11) is 4.62. The van der Waals surface area contributed by atoms with Gasteiger partial charge < -0.3 is 54.2 Å². The van der Waals surface area contributed by atoms with Gasteiger partial charge in [0.25, 0.3) is 5.91 Å². The number of fused-ring (bicyclic) bond motifs is 6. The Morgan fingerprint density at radius 3 is 2.43 bits per heavy atom. The molecule has 0 spiro atoms. The van der Waals surface area contributed by atoms with Crippen molar-refractivity contribution in [3.63, 3.8) is 0 Å². The van der Waals surface area contributed by atoms with Gasteiger partial charge in [0, 0.05) is 75.1 Å². The zero-order valence-electron chi connectivity index (χ0n) is 44.2. The van der Waals surface area contributed by atoms with E-state index in [1.807, 2.05) is 44.2 Å². The number of benzene rings is 2. The van der Waals surface area contributed by atoms with Crippen molar-refractivity contribution < 1.29 is 57.2 Å². The van der Waals surface area contributed by atoms with Crippen molar-refractivity contribution in [3.8, 4) is 5.75 Å². The Morgan fingerprint density at radius 2 is 1.72 bits per heavy atom. The summed E-state index contributed by atoms with van der Waals surface area (Å²) in [6.45, 7) is 8.63. The summed E-state index contributed by atoms with van der Waals surface area (Å²) in [6, 6.07) is 7.65. The lowest BCUT2D eigenvalue weighted by Crippen LogP contribution is -2.50. The second-order valence-corrected chi connectivity index (χ2v) is 21.0. The molecular formula is C54H70Br2ClN7O12. The molecule has 4 bridgehead atoms. The molecule has 1 aromatic heterocycles. The molecule has 0 saturated carbocycles. The number of amides is 5. The normalized spacial score (nSPS) is 23.2. The first kappa shape index (κ1) is 60.0. The molecular weight excluding hydrogens is 1130 g/mol. The Labute approximate surface area is 466 Å². The van der Waals surface area contributed by atoms with Crippen molar-refractivity contribution in [2.45, 2.75) is 126 Å². The van der Waals surface area contributed by atoms with Crippen molar-refractivity contribution in [2.24, 2.45) is 5.92 Å². The van der Waals surface area contributed by atoms with Crippen molar-refractivity contribution >= 4 is 95.9 Å². The smallest absolute Gasteiger partial charge is 0.407 e. The fraction of sp³-hybridized carbons (Fsp3) is 0.556. The molecule has 0 unspecified atom stereocenters. The number of esters is 1. The minimum absolute atomic E-state index is 0.124. The number of epoxide rings is 1. The quantitative estimate of drug-likeness (QED) is 0.0408. The Balaban J connectivity index is 0.983. The zero-order chi connectivity index (χ0) is 55.1. The molecule has 76 heavy (non-hydrogen) atoms. The largest absolute Gasteiger partial charge is 0.495 e. The highest BCUT2D eigenvalue weighted by atomic mass is 79.9. The molecule has 2 aromatic carbocycles. The SMILES string of the molecule is COc1cc2cc(c1Cl)N(C)C(=O)C[C@H](OC(=O)[C@H](CCCCNC(=O)CCOCCOCCNC(=O)c1ccc3nc(CBr)c(CBr)nc3c1)N(C)C(C)=O)[C@]1(C)O[C@H]1[C@H](C)[C@@H]1C[C@H](C/C=C/C=C(\C)C2)NC(=O)O1. The Hall–Kier alpha value is -5.19. The molecule has 3 aromatic rings. The van der Waals surface area contributed by atoms with Crippen molar-refractivity contribution in [2.75, 3.05) is 65.6 Å².